The molecule has 0 radical (unpaired) electrons. The molecule has 7 nitrogen and oxygen atoms in total. The van der Waals surface area contributed by atoms with Gasteiger partial charge in [0.25, 0.3) is 0 Å². The topological polar surface area (TPSA) is 93.2 Å². The minimum absolute atomic E-state index is 0.178. The van der Waals surface area contributed by atoms with Crippen LogP contribution in [-0.4, -0.2) is 43.1 Å². The maximum Gasteiger partial charge on any atom is 0.434 e. The summed E-state index contributed by atoms with van der Waals surface area (Å²) in [7, 11) is 0. The molecule has 0 aliphatic heterocycles. The minimum atomic E-state index is -0.670. The molecule has 2 aliphatic carbocycles. The Morgan fingerprint density at radius 2 is 2.33 bits per heavy atom. The van der Waals surface area contributed by atoms with Gasteiger partial charge in [0.1, 0.15) is 12.4 Å². The van der Waals surface area contributed by atoms with Gasteiger partial charge < -0.3 is 20.5 Å². The third-order valence-corrected chi connectivity index (χ3v) is 5.99. The number of alkyl halides is 1. The van der Waals surface area contributed by atoms with Gasteiger partial charge in [0.05, 0.1) is 12.6 Å². The van der Waals surface area contributed by atoms with Crippen LogP contribution < -0.4 is 5.32 Å². The van der Waals surface area contributed by atoms with E-state index in [4.69, 9.17) is 0 Å². The van der Waals surface area contributed by atoms with Crippen LogP contribution in [0.25, 0.3) is 0 Å². The van der Waals surface area contributed by atoms with Gasteiger partial charge in [0.2, 0.25) is 0 Å². The molecule has 2 bridgehead atoms. The van der Waals surface area contributed by atoms with Crippen molar-refractivity contribution in [3.63, 3.8) is 0 Å². The first kappa shape index (κ1) is 14.9. The number of hydrogen-bond acceptors (Lipinski definition) is 5. The van der Waals surface area contributed by atoms with Gasteiger partial charge in [-0.1, -0.05) is 20.9 Å². The Kier molecular flexibility index (Phi) is 4.28. The van der Waals surface area contributed by atoms with Crippen molar-refractivity contribution in [2.24, 2.45) is 11.8 Å². The zero-order chi connectivity index (χ0) is 15.0. The van der Waals surface area contributed by atoms with Crippen molar-refractivity contribution < 1.29 is 10.0 Å². The van der Waals surface area contributed by atoms with Gasteiger partial charge in [-0.25, -0.2) is 4.57 Å². The second-order valence-corrected chi connectivity index (χ2v) is 7.06. The van der Waals surface area contributed by atoms with Gasteiger partial charge in [-0.2, -0.15) is 0 Å². The maximum atomic E-state index is 10.8. The largest absolute Gasteiger partial charge is 0.434 e. The lowest BCUT2D eigenvalue weighted by atomic mass is 9.95. The van der Waals surface area contributed by atoms with Crippen LogP contribution in [0.1, 0.15) is 19.3 Å². The van der Waals surface area contributed by atoms with E-state index in [2.05, 4.69) is 26.2 Å². The van der Waals surface area contributed by atoms with Crippen LogP contribution in [-0.2, 0) is 6.54 Å². The second kappa shape index (κ2) is 6.02. The molecule has 4 unspecified atom stereocenters. The maximum absolute atomic E-state index is 10.8. The van der Waals surface area contributed by atoms with Crippen LogP contribution in [0.15, 0.2) is 12.4 Å². The van der Waals surface area contributed by atoms with E-state index in [1.165, 1.54) is 36.2 Å². The standard InChI is InChI=1S/C13H19BrN4O3/c14-11-8-1-2-9(5-8)12(11)16-6-10(19)7-17-4-3-15-13(17)18(20)21/h3-4,8-12,16,19H,1-2,5-7H2/t8?,9?,10?,11-,12?/m0/s1. The summed E-state index contributed by atoms with van der Waals surface area (Å²) in [6.45, 7) is 0.613. The normalized spacial score (nSPS) is 32.5. The highest BCUT2D eigenvalue weighted by Crippen LogP contribution is 2.47. The Morgan fingerprint density at radius 3 is 3.00 bits per heavy atom. The van der Waals surface area contributed by atoms with Gasteiger partial charge in [0.15, 0.2) is 0 Å². The summed E-state index contributed by atoms with van der Waals surface area (Å²) < 4.78 is 1.37. The van der Waals surface area contributed by atoms with Gasteiger partial charge in [-0.15, -0.1) is 0 Å². The van der Waals surface area contributed by atoms with Crippen LogP contribution in [0, 0.1) is 22.0 Å². The first-order valence-electron chi connectivity index (χ1n) is 7.27. The Balaban J connectivity index is 1.52. The molecular formula is C13H19BrN4O3. The van der Waals surface area contributed by atoms with Gasteiger partial charge >= 0.3 is 5.95 Å². The number of imidazole rings is 1. The monoisotopic (exact) mass is 358 g/mol. The Hall–Kier alpha value is -0.990. The molecule has 21 heavy (non-hydrogen) atoms. The van der Waals surface area contributed by atoms with Crippen LogP contribution in [0.2, 0.25) is 0 Å². The van der Waals surface area contributed by atoms with E-state index < -0.39 is 11.0 Å². The van der Waals surface area contributed by atoms with Gasteiger partial charge in [-0.05, 0) is 36.0 Å². The minimum Gasteiger partial charge on any atom is -0.390 e. The van der Waals surface area contributed by atoms with Crippen LogP contribution in [0.5, 0.6) is 0 Å². The summed E-state index contributed by atoms with van der Waals surface area (Å²) in [5.41, 5.74) is 0. The van der Waals surface area contributed by atoms with Crippen molar-refractivity contribution in [1.82, 2.24) is 14.9 Å². The van der Waals surface area contributed by atoms with E-state index in [0.717, 1.165) is 5.92 Å². The van der Waals surface area contributed by atoms with E-state index in [-0.39, 0.29) is 12.5 Å². The average Bonchev–Trinajstić information content (AvgIpc) is 3.12. The third kappa shape index (κ3) is 2.97. The lowest BCUT2D eigenvalue weighted by Gasteiger charge is -2.28. The number of fused-ring (bicyclic) bond motifs is 2. The van der Waals surface area contributed by atoms with Crippen molar-refractivity contribution in [3.8, 4) is 0 Å². The molecule has 3 rings (SSSR count). The quantitative estimate of drug-likeness (QED) is 0.454. The Morgan fingerprint density at radius 1 is 1.57 bits per heavy atom. The van der Waals surface area contributed by atoms with Crippen molar-refractivity contribution in [3.05, 3.63) is 22.5 Å². The average molecular weight is 359 g/mol. The molecule has 0 spiro atoms. The molecule has 0 amide bonds. The van der Waals surface area contributed by atoms with E-state index in [0.29, 0.717) is 23.3 Å². The van der Waals surface area contributed by atoms with E-state index in [1.807, 2.05) is 0 Å². The third-order valence-electron chi connectivity index (χ3n) is 4.67. The molecule has 8 heteroatoms. The first-order valence-corrected chi connectivity index (χ1v) is 8.19. The number of hydrogen-bond donors (Lipinski definition) is 2. The SMILES string of the molecule is O=[N+]([O-])c1nccn1CC(O)CNC1C2CCC(C2)[C@@H]1Br. The summed E-state index contributed by atoms with van der Waals surface area (Å²) in [5.74, 6) is 1.21. The highest BCUT2D eigenvalue weighted by molar-refractivity contribution is 9.09. The van der Waals surface area contributed by atoms with Gasteiger partial charge in [0, 0.05) is 17.4 Å². The number of aliphatic hydroxyl groups excluding tert-OH is 1. The molecule has 2 saturated carbocycles. The lowest BCUT2D eigenvalue weighted by molar-refractivity contribution is -0.397. The number of aliphatic hydroxyl groups is 1. The molecule has 1 aromatic heterocycles. The predicted molar refractivity (Wildman–Crippen MR) is 80.2 cm³/mol. The fourth-order valence-corrected chi connectivity index (χ4v) is 4.78. The highest BCUT2D eigenvalue weighted by Gasteiger charge is 2.46. The van der Waals surface area contributed by atoms with Crippen molar-refractivity contribution in [2.75, 3.05) is 6.54 Å². The van der Waals surface area contributed by atoms with Crippen LogP contribution in [0.3, 0.4) is 0 Å². The summed E-state index contributed by atoms with van der Waals surface area (Å²) in [6.07, 6.45) is 6.04. The molecular weight excluding hydrogens is 340 g/mol. The van der Waals surface area contributed by atoms with Gasteiger partial charge in [-0.3, -0.25) is 0 Å². The molecule has 2 N–H and O–H groups in total. The summed E-state index contributed by atoms with van der Waals surface area (Å²) in [4.78, 5) is 14.4. The zero-order valence-corrected chi connectivity index (χ0v) is 13.1. The van der Waals surface area contributed by atoms with Crippen LogP contribution >= 0.6 is 15.9 Å². The number of rotatable bonds is 6. The lowest BCUT2D eigenvalue weighted by Crippen LogP contribution is -2.45. The first-order chi connectivity index (χ1) is 10.1. The number of nitrogens with zero attached hydrogens (tertiary/aromatic N) is 3. The molecule has 1 aromatic rings. The van der Waals surface area contributed by atoms with Crippen molar-refractivity contribution in [1.29, 1.82) is 0 Å². The molecule has 0 aromatic carbocycles. The number of aromatic nitrogens is 2. The number of halogens is 1. The smallest absolute Gasteiger partial charge is 0.390 e. The van der Waals surface area contributed by atoms with Crippen molar-refractivity contribution >= 4 is 21.9 Å². The Labute approximate surface area is 131 Å². The summed E-state index contributed by atoms with van der Waals surface area (Å²) in [6, 6.07) is 0.399. The fraction of sp³-hybridized carbons (Fsp3) is 0.769. The molecule has 1 heterocycles. The fourth-order valence-electron chi connectivity index (χ4n) is 3.68. The Bertz CT molecular complexity index is 521. The number of nitrogens with one attached hydrogen (secondary N) is 1. The van der Waals surface area contributed by atoms with Crippen molar-refractivity contribution in [2.45, 2.75) is 42.8 Å². The zero-order valence-electron chi connectivity index (χ0n) is 11.6. The predicted octanol–water partition coefficient (Wildman–Crippen LogP) is 1.30. The molecule has 5 atom stereocenters. The second-order valence-electron chi connectivity index (χ2n) is 6.00. The van der Waals surface area contributed by atoms with Crippen LogP contribution in [0.4, 0.5) is 5.95 Å². The van der Waals surface area contributed by atoms with E-state index in [9.17, 15) is 15.2 Å². The molecule has 116 valence electrons. The molecule has 0 saturated heterocycles. The summed E-state index contributed by atoms with van der Waals surface area (Å²) in [5, 5.41) is 24.3. The van der Waals surface area contributed by atoms with E-state index in [1.54, 1.807) is 0 Å². The summed E-state index contributed by atoms with van der Waals surface area (Å²) >= 11 is 3.75. The highest BCUT2D eigenvalue weighted by atomic mass is 79.9. The molecule has 2 aliphatic rings. The van der Waals surface area contributed by atoms with E-state index >= 15 is 0 Å². The molecule has 2 fully saturated rings. The number of nitro groups is 1.